The van der Waals surface area contributed by atoms with Crippen molar-refractivity contribution in [2.75, 3.05) is 5.32 Å². The first-order chi connectivity index (χ1) is 7.89. The zero-order valence-corrected chi connectivity index (χ0v) is 10.1. The van der Waals surface area contributed by atoms with Gasteiger partial charge in [0.15, 0.2) is 5.84 Å². The van der Waals surface area contributed by atoms with Crippen molar-refractivity contribution in [1.82, 2.24) is 4.98 Å². The molecule has 0 bridgehead atoms. The highest BCUT2D eigenvalue weighted by atomic mass is 16.4. The lowest BCUT2D eigenvalue weighted by Crippen LogP contribution is -2.42. The smallest absolute Gasteiger partial charge is 0.237 e. The molecule has 1 aromatic heterocycles. The van der Waals surface area contributed by atoms with E-state index in [0.717, 1.165) is 5.56 Å². The van der Waals surface area contributed by atoms with Gasteiger partial charge in [0.25, 0.3) is 0 Å². The molecule has 0 saturated carbocycles. The number of carbonyl (C=O) groups is 1. The molecular formula is C11H16N4O2. The minimum atomic E-state index is -1.09. The lowest BCUT2D eigenvalue weighted by atomic mass is 9.91. The summed E-state index contributed by atoms with van der Waals surface area (Å²) in [6, 6.07) is 1.78. The van der Waals surface area contributed by atoms with E-state index in [0.29, 0.717) is 5.69 Å². The van der Waals surface area contributed by atoms with Crippen LogP contribution in [0.1, 0.15) is 19.4 Å². The van der Waals surface area contributed by atoms with Gasteiger partial charge in [-0.05, 0) is 32.4 Å². The van der Waals surface area contributed by atoms with Crippen LogP contribution >= 0.6 is 0 Å². The number of aryl methyl sites for hydroxylation is 1. The summed E-state index contributed by atoms with van der Waals surface area (Å²) in [4.78, 5) is 15.9. The summed E-state index contributed by atoms with van der Waals surface area (Å²) in [5.41, 5.74) is 5.88. The van der Waals surface area contributed by atoms with E-state index in [9.17, 15) is 4.79 Å². The summed E-state index contributed by atoms with van der Waals surface area (Å²) in [6.45, 7) is 5.00. The maximum Gasteiger partial charge on any atom is 0.237 e. The highest BCUT2D eigenvalue weighted by Crippen LogP contribution is 2.20. The van der Waals surface area contributed by atoms with Gasteiger partial charge in [0, 0.05) is 6.20 Å². The first-order valence-electron chi connectivity index (χ1n) is 5.09. The topological polar surface area (TPSA) is 101 Å². The molecular weight excluding hydrogens is 220 g/mol. The molecule has 92 valence electrons. The van der Waals surface area contributed by atoms with Gasteiger partial charge < -0.3 is 16.3 Å². The summed E-state index contributed by atoms with van der Waals surface area (Å²) in [7, 11) is 0. The first kappa shape index (κ1) is 13.0. The van der Waals surface area contributed by atoms with E-state index in [1.165, 1.54) is 0 Å². The summed E-state index contributed by atoms with van der Waals surface area (Å²) >= 11 is 0. The van der Waals surface area contributed by atoms with Gasteiger partial charge in [-0.25, -0.2) is 0 Å². The summed E-state index contributed by atoms with van der Waals surface area (Å²) in [6.07, 6.45) is 3.19. The molecule has 17 heavy (non-hydrogen) atoms. The molecule has 0 aromatic carbocycles. The minimum absolute atomic E-state index is 0.142. The van der Waals surface area contributed by atoms with Crippen LogP contribution in [0.4, 0.5) is 5.69 Å². The quantitative estimate of drug-likeness (QED) is 0.316. The van der Waals surface area contributed by atoms with Crippen molar-refractivity contribution < 1.29 is 10.0 Å². The predicted octanol–water partition coefficient (Wildman–Crippen LogP) is 1.10. The molecule has 1 amide bonds. The minimum Gasteiger partial charge on any atom is -0.409 e. The number of rotatable bonds is 3. The number of amides is 1. The number of aromatic nitrogens is 1. The maximum atomic E-state index is 12.0. The Kier molecular flexibility index (Phi) is 3.67. The second kappa shape index (κ2) is 4.82. The zero-order chi connectivity index (χ0) is 13.1. The van der Waals surface area contributed by atoms with E-state index in [2.05, 4.69) is 15.5 Å². The lowest BCUT2D eigenvalue weighted by molar-refractivity contribution is -0.121. The van der Waals surface area contributed by atoms with E-state index >= 15 is 0 Å². The van der Waals surface area contributed by atoms with Gasteiger partial charge in [0.2, 0.25) is 5.91 Å². The van der Waals surface area contributed by atoms with Crippen LogP contribution in [0.3, 0.4) is 0 Å². The molecule has 0 aliphatic carbocycles. The Hall–Kier alpha value is -2.11. The third kappa shape index (κ3) is 2.72. The third-order valence-electron chi connectivity index (χ3n) is 2.60. The second-order valence-electron chi connectivity index (χ2n) is 4.25. The Balaban J connectivity index is 2.91. The molecule has 0 unspecified atom stereocenters. The fourth-order valence-electron chi connectivity index (χ4n) is 1.11. The Morgan fingerprint density at radius 1 is 1.59 bits per heavy atom. The third-order valence-corrected chi connectivity index (χ3v) is 2.60. The van der Waals surface area contributed by atoms with Crippen molar-refractivity contribution in [3.63, 3.8) is 0 Å². The fraction of sp³-hybridized carbons (Fsp3) is 0.364. The molecule has 1 rings (SSSR count). The van der Waals surface area contributed by atoms with Crippen molar-refractivity contribution in [1.29, 1.82) is 0 Å². The normalized spacial score (nSPS) is 12.3. The number of hydrogen-bond acceptors (Lipinski definition) is 4. The second-order valence-corrected chi connectivity index (χ2v) is 4.25. The Bertz CT molecular complexity index is 455. The average molecular weight is 236 g/mol. The number of nitrogens with one attached hydrogen (secondary N) is 1. The molecule has 0 spiro atoms. The molecule has 6 nitrogen and oxygen atoms in total. The van der Waals surface area contributed by atoms with Crippen LogP contribution in [-0.4, -0.2) is 21.9 Å². The van der Waals surface area contributed by atoms with Gasteiger partial charge in [-0.15, -0.1) is 0 Å². The number of anilines is 1. The van der Waals surface area contributed by atoms with Crippen LogP contribution in [0.25, 0.3) is 0 Å². The van der Waals surface area contributed by atoms with E-state index in [-0.39, 0.29) is 11.7 Å². The predicted molar refractivity (Wildman–Crippen MR) is 64.8 cm³/mol. The van der Waals surface area contributed by atoms with Crippen molar-refractivity contribution >= 4 is 17.4 Å². The van der Waals surface area contributed by atoms with Crippen LogP contribution in [0, 0.1) is 12.3 Å². The van der Waals surface area contributed by atoms with Gasteiger partial charge >= 0.3 is 0 Å². The Morgan fingerprint density at radius 3 is 2.76 bits per heavy atom. The SMILES string of the molecule is Cc1ccncc1NC(=O)C(C)(C)C(N)=NO. The van der Waals surface area contributed by atoms with Gasteiger partial charge in [0.1, 0.15) is 5.41 Å². The monoisotopic (exact) mass is 236 g/mol. The van der Waals surface area contributed by atoms with E-state index in [4.69, 9.17) is 10.9 Å². The average Bonchev–Trinajstić information content (AvgIpc) is 2.30. The number of hydrogen-bond donors (Lipinski definition) is 3. The lowest BCUT2D eigenvalue weighted by Gasteiger charge is -2.22. The van der Waals surface area contributed by atoms with Gasteiger partial charge in [0.05, 0.1) is 11.9 Å². The van der Waals surface area contributed by atoms with Gasteiger partial charge in [-0.1, -0.05) is 5.16 Å². The highest BCUT2D eigenvalue weighted by Gasteiger charge is 2.33. The maximum absolute atomic E-state index is 12.0. The van der Waals surface area contributed by atoms with Gasteiger partial charge in [-0.3, -0.25) is 9.78 Å². The van der Waals surface area contributed by atoms with Crippen molar-refractivity contribution in [3.05, 3.63) is 24.0 Å². The molecule has 0 radical (unpaired) electrons. The highest BCUT2D eigenvalue weighted by molar-refractivity contribution is 6.11. The van der Waals surface area contributed by atoms with E-state index < -0.39 is 5.41 Å². The largest absolute Gasteiger partial charge is 0.409 e. The fourth-order valence-corrected chi connectivity index (χ4v) is 1.11. The molecule has 0 aliphatic rings. The van der Waals surface area contributed by atoms with Crippen molar-refractivity contribution in [2.24, 2.45) is 16.3 Å². The Morgan fingerprint density at radius 2 is 2.24 bits per heavy atom. The van der Waals surface area contributed by atoms with Crippen LogP contribution in [0.15, 0.2) is 23.6 Å². The number of nitrogens with zero attached hydrogens (tertiary/aromatic N) is 2. The van der Waals surface area contributed by atoms with Crippen molar-refractivity contribution in [3.8, 4) is 0 Å². The molecule has 0 atom stereocenters. The van der Waals surface area contributed by atoms with E-state index in [1.54, 1.807) is 32.3 Å². The first-order valence-corrected chi connectivity index (χ1v) is 5.09. The molecule has 1 aromatic rings. The molecule has 0 aliphatic heterocycles. The van der Waals surface area contributed by atoms with Gasteiger partial charge in [-0.2, -0.15) is 0 Å². The Labute approximate surface area is 99.5 Å². The zero-order valence-electron chi connectivity index (χ0n) is 10.1. The van der Waals surface area contributed by atoms with Crippen LogP contribution in [0.2, 0.25) is 0 Å². The molecule has 1 heterocycles. The number of oxime groups is 1. The van der Waals surface area contributed by atoms with Crippen molar-refractivity contribution in [2.45, 2.75) is 20.8 Å². The molecule has 6 heteroatoms. The number of nitrogens with two attached hydrogens (primary N) is 1. The summed E-state index contributed by atoms with van der Waals surface area (Å²) in [5, 5.41) is 14.2. The number of pyridine rings is 1. The summed E-state index contributed by atoms with van der Waals surface area (Å²) < 4.78 is 0. The van der Waals surface area contributed by atoms with Crippen LogP contribution in [0.5, 0.6) is 0 Å². The van der Waals surface area contributed by atoms with E-state index in [1.807, 2.05) is 6.92 Å². The van der Waals surface area contributed by atoms with Crippen LogP contribution in [-0.2, 0) is 4.79 Å². The molecule has 0 fully saturated rings. The molecule has 4 N–H and O–H groups in total. The summed E-state index contributed by atoms with van der Waals surface area (Å²) in [5.74, 6) is -0.500. The number of amidine groups is 1. The number of carbonyl (C=O) groups excluding carboxylic acids is 1. The van der Waals surface area contributed by atoms with Crippen LogP contribution < -0.4 is 11.1 Å². The molecule has 0 saturated heterocycles. The standard InChI is InChI=1S/C11H16N4O2/c1-7-4-5-13-6-8(7)14-10(16)11(2,3)9(12)15-17/h4-6,17H,1-3H3,(H2,12,15)(H,14,16).